The van der Waals surface area contributed by atoms with Crippen molar-refractivity contribution < 1.29 is 9.59 Å². The normalized spacial score (nSPS) is 15.7. The van der Waals surface area contributed by atoms with Gasteiger partial charge in [0.05, 0.1) is 30.3 Å². The average Bonchev–Trinajstić information content (AvgIpc) is 3.29. The summed E-state index contributed by atoms with van der Waals surface area (Å²) < 4.78 is 0. The highest BCUT2D eigenvalue weighted by atomic mass is 35.5. The molecule has 3 aromatic rings. The predicted molar refractivity (Wildman–Crippen MR) is 106 cm³/mol. The van der Waals surface area contributed by atoms with E-state index in [2.05, 4.69) is 10.3 Å². The van der Waals surface area contributed by atoms with E-state index in [1.807, 2.05) is 17.5 Å². The van der Waals surface area contributed by atoms with Gasteiger partial charge in [-0.15, -0.1) is 11.3 Å². The standard InChI is InChI=1S/C20H16ClN3O2S/c21-13-5-7-14(8-6-13)24-17(19-16(20(24)26)4-1-9-22-19)11-18(25)23-12-15-3-2-10-27-15/h1-10,17H,11-12H2,(H,23,25)/t17-/m0/s1. The monoisotopic (exact) mass is 397 g/mol. The SMILES string of the molecule is O=C(C[C@H]1c2ncccc2C(=O)N1c1ccc(Cl)cc1)NCc1cccs1. The van der Waals surface area contributed by atoms with Crippen LogP contribution in [0.3, 0.4) is 0 Å². The number of hydrogen-bond donors (Lipinski definition) is 1. The number of carbonyl (C=O) groups excluding carboxylic acids is 2. The van der Waals surface area contributed by atoms with Gasteiger partial charge in [0.15, 0.2) is 0 Å². The van der Waals surface area contributed by atoms with Gasteiger partial charge in [0.1, 0.15) is 0 Å². The minimum atomic E-state index is -0.446. The Morgan fingerprint density at radius 3 is 2.74 bits per heavy atom. The fourth-order valence-corrected chi connectivity index (χ4v) is 3.96. The van der Waals surface area contributed by atoms with Crippen LogP contribution in [0.25, 0.3) is 0 Å². The van der Waals surface area contributed by atoms with Crippen molar-refractivity contribution >= 4 is 40.4 Å². The first kappa shape index (κ1) is 17.7. The number of benzene rings is 1. The molecule has 0 bridgehead atoms. The first-order valence-electron chi connectivity index (χ1n) is 8.46. The largest absolute Gasteiger partial charge is 0.351 e. The quantitative estimate of drug-likeness (QED) is 0.701. The highest BCUT2D eigenvalue weighted by Crippen LogP contribution is 2.38. The van der Waals surface area contributed by atoms with Crippen LogP contribution >= 0.6 is 22.9 Å². The second-order valence-corrected chi connectivity index (χ2v) is 7.63. The lowest BCUT2D eigenvalue weighted by molar-refractivity contribution is -0.121. The zero-order valence-electron chi connectivity index (χ0n) is 14.3. The van der Waals surface area contributed by atoms with Crippen LogP contribution in [-0.4, -0.2) is 16.8 Å². The van der Waals surface area contributed by atoms with Gasteiger partial charge in [0, 0.05) is 21.8 Å². The second-order valence-electron chi connectivity index (χ2n) is 6.16. The van der Waals surface area contributed by atoms with Crippen molar-refractivity contribution in [3.63, 3.8) is 0 Å². The summed E-state index contributed by atoms with van der Waals surface area (Å²) in [6, 6.07) is 14.0. The number of halogens is 1. The summed E-state index contributed by atoms with van der Waals surface area (Å²) in [4.78, 5) is 32.6. The molecule has 0 aliphatic carbocycles. The third-order valence-corrected chi connectivity index (χ3v) is 5.57. The summed E-state index contributed by atoms with van der Waals surface area (Å²) >= 11 is 7.57. The number of hydrogen-bond acceptors (Lipinski definition) is 4. The van der Waals surface area contributed by atoms with Gasteiger partial charge in [-0.05, 0) is 47.8 Å². The van der Waals surface area contributed by atoms with Gasteiger partial charge in [0.2, 0.25) is 5.91 Å². The van der Waals surface area contributed by atoms with E-state index in [0.29, 0.717) is 28.5 Å². The number of carbonyl (C=O) groups is 2. The molecule has 5 nitrogen and oxygen atoms in total. The van der Waals surface area contributed by atoms with Gasteiger partial charge in [-0.1, -0.05) is 17.7 Å². The number of nitrogens with zero attached hydrogens (tertiary/aromatic N) is 2. The van der Waals surface area contributed by atoms with E-state index in [4.69, 9.17) is 11.6 Å². The zero-order valence-corrected chi connectivity index (χ0v) is 15.8. The molecular weight excluding hydrogens is 382 g/mol. The van der Waals surface area contributed by atoms with E-state index < -0.39 is 6.04 Å². The fraction of sp³-hybridized carbons (Fsp3) is 0.150. The van der Waals surface area contributed by atoms with Crippen LogP contribution in [0.5, 0.6) is 0 Å². The third-order valence-electron chi connectivity index (χ3n) is 4.44. The molecular formula is C20H16ClN3O2S. The van der Waals surface area contributed by atoms with E-state index in [1.54, 1.807) is 58.8 Å². The number of amides is 2. The van der Waals surface area contributed by atoms with Crippen molar-refractivity contribution in [1.82, 2.24) is 10.3 Å². The minimum Gasteiger partial charge on any atom is -0.351 e. The molecule has 2 amide bonds. The summed E-state index contributed by atoms with van der Waals surface area (Å²) in [5, 5.41) is 5.48. The topological polar surface area (TPSA) is 62.3 Å². The Kier molecular flexibility index (Phi) is 4.92. The van der Waals surface area contributed by atoms with Crippen LogP contribution in [0.15, 0.2) is 60.1 Å². The van der Waals surface area contributed by atoms with Crippen molar-refractivity contribution in [3.05, 3.63) is 81.3 Å². The molecule has 1 aliphatic rings. The first-order valence-corrected chi connectivity index (χ1v) is 9.72. The summed E-state index contributed by atoms with van der Waals surface area (Å²) in [5.74, 6) is -0.282. The van der Waals surface area contributed by atoms with Crippen LogP contribution in [-0.2, 0) is 11.3 Å². The molecule has 7 heteroatoms. The van der Waals surface area contributed by atoms with Gasteiger partial charge >= 0.3 is 0 Å². The first-order chi connectivity index (χ1) is 13.1. The molecule has 0 saturated heterocycles. The van der Waals surface area contributed by atoms with Crippen molar-refractivity contribution in [2.45, 2.75) is 19.0 Å². The highest BCUT2D eigenvalue weighted by Gasteiger charge is 2.39. The average molecular weight is 398 g/mol. The molecule has 0 spiro atoms. The van der Waals surface area contributed by atoms with Crippen LogP contribution in [0, 0.1) is 0 Å². The molecule has 1 N–H and O–H groups in total. The molecule has 3 heterocycles. The number of anilines is 1. The Morgan fingerprint density at radius 2 is 2.00 bits per heavy atom. The predicted octanol–water partition coefficient (Wildman–Crippen LogP) is 4.20. The fourth-order valence-electron chi connectivity index (χ4n) is 3.19. The number of nitrogens with one attached hydrogen (secondary N) is 1. The zero-order chi connectivity index (χ0) is 18.8. The Hall–Kier alpha value is -2.70. The summed E-state index contributed by atoms with van der Waals surface area (Å²) in [5.41, 5.74) is 1.85. The highest BCUT2D eigenvalue weighted by molar-refractivity contribution is 7.09. The molecule has 27 heavy (non-hydrogen) atoms. The van der Waals surface area contributed by atoms with E-state index in [1.165, 1.54) is 0 Å². The lowest BCUT2D eigenvalue weighted by atomic mass is 10.1. The number of rotatable bonds is 5. The number of thiophene rings is 1. The smallest absolute Gasteiger partial charge is 0.260 e. The maximum Gasteiger partial charge on any atom is 0.260 e. The summed E-state index contributed by atoms with van der Waals surface area (Å²) in [6.45, 7) is 0.479. The van der Waals surface area contributed by atoms with Gasteiger partial charge in [-0.2, -0.15) is 0 Å². The van der Waals surface area contributed by atoms with Crippen molar-refractivity contribution in [2.75, 3.05) is 4.90 Å². The van der Waals surface area contributed by atoms with Crippen LogP contribution in [0.2, 0.25) is 5.02 Å². The van der Waals surface area contributed by atoms with Crippen molar-refractivity contribution in [3.8, 4) is 0 Å². The Morgan fingerprint density at radius 1 is 1.19 bits per heavy atom. The molecule has 4 rings (SSSR count). The molecule has 0 fully saturated rings. The van der Waals surface area contributed by atoms with Gasteiger partial charge in [-0.25, -0.2) is 0 Å². The Balaban J connectivity index is 1.59. The number of fused-ring (bicyclic) bond motifs is 1. The van der Waals surface area contributed by atoms with E-state index in [9.17, 15) is 9.59 Å². The maximum atomic E-state index is 12.9. The van der Waals surface area contributed by atoms with Crippen LogP contribution < -0.4 is 10.2 Å². The Bertz CT molecular complexity index is 973. The van der Waals surface area contributed by atoms with E-state index in [-0.39, 0.29) is 18.2 Å². The Labute approximate surface area is 165 Å². The third kappa shape index (κ3) is 3.59. The lowest BCUT2D eigenvalue weighted by Crippen LogP contribution is -2.32. The second kappa shape index (κ2) is 7.50. The van der Waals surface area contributed by atoms with Crippen molar-refractivity contribution in [1.29, 1.82) is 0 Å². The molecule has 1 aliphatic heterocycles. The summed E-state index contributed by atoms with van der Waals surface area (Å²) in [7, 11) is 0. The van der Waals surface area contributed by atoms with Gasteiger partial charge in [0.25, 0.3) is 5.91 Å². The molecule has 0 saturated carbocycles. The molecule has 1 aromatic carbocycles. The van der Waals surface area contributed by atoms with E-state index >= 15 is 0 Å². The number of pyridine rings is 1. The lowest BCUT2D eigenvalue weighted by Gasteiger charge is -2.24. The summed E-state index contributed by atoms with van der Waals surface area (Å²) in [6.07, 6.45) is 1.79. The molecule has 1 atom stereocenters. The van der Waals surface area contributed by atoms with Gasteiger partial charge in [-0.3, -0.25) is 19.5 Å². The molecule has 136 valence electrons. The van der Waals surface area contributed by atoms with Gasteiger partial charge < -0.3 is 5.32 Å². The number of aromatic nitrogens is 1. The van der Waals surface area contributed by atoms with Crippen LogP contribution in [0.1, 0.15) is 33.4 Å². The molecule has 0 unspecified atom stereocenters. The maximum absolute atomic E-state index is 12.9. The minimum absolute atomic E-state index is 0.126. The molecule has 2 aromatic heterocycles. The molecule has 0 radical (unpaired) electrons. The van der Waals surface area contributed by atoms with E-state index in [0.717, 1.165) is 4.88 Å². The van der Waals surface area contributed by atoms with Crippen LogP contribution in [0.4, 0.5) is 5.69 Å². The van der Waals surface area contributed by atoms with Crippen molar-refractivity contribution in [2.24, 2.45) is 0 Å².